The third kappa shape index (κ3) is 5.95. The molecule has 0 saturated carbocycles. The number of thiocarbonyl (C=S) groups is 1. The summed E-state index contributed by atoms with van der Waals surface area (Å²) >= 11 is 7.03. The lowest BCUT2D eigenvalue weighted by Gasteiger charge is -2.15. The molecular weight excluding hydrogens is 486 g/mol. The lowest BCUT2D eigenvalue weighted by Crippen LogP contribution is -2.34. The summed E-state index contributed by atoms with van der Waals surface area (Å²) in [5.74, 6) is 3.69. The van der Waals surface area contributed by atoms with Gasteiger partial charge in [-0.25, -0.2) is 0 Å². The van der Waals surface area contributed by atoms with Crippen molar-refractivity contribution in [1.29, 1.82) is 0 Å². The van der Waals surface area contributed by atoms with Gasteiger partial charge in [-0.05, 0) is 48.3 Å². The van der Waals surface area contributed by atoms with Crippen LogP contribution in [0.1, 0.15) is 12.8 Å². The summed E-state index contributed by atoms with van der Waals surface area (Å²) in [5, 5.41) is 8.75. The summed E-state index contributed by atoms with van der Waals surface area (Å²) in [6, 6.07) is 10.7. The minimum absolute atomic E-state index is 0.146. The standard InChI is InChI=1S/C25H25N3O5S2/c1-30-21-11-16(4-5-18(21)27-25(34)28-24(29)10-15-7-9-35-14-15)33-20-6-8-26-19-13-23(32-3)22(31-2)12-17(19)20/h4-6,8,11-14H,7,9-10H2,1-3H3,(H2,27,28,29,34). The van der Waals surface area contributed by atoms with E-state index in [1.165, 1.54) is 0 Å². The average Bonchev–Trinajstić information content (AvgIpc) is 3.37. The molecule has 2 heterocycles. The number of aromatic nitrogens is 1. The molecule has 0 saturated heterocycles. The lowest BCUT2D eigenvalue weighted by atomic mass is 10.1. The van der Waals surface area contributed by atoms with Gasteiger partial charge in [-0.1, -0.05) is 5.57 Å². The number of methoxy groups -OCH3 is 3. The summed E-state index contributed by atoms with van der Waals surface area (Å²) in [7, 11) is 4.71. The van der Waals surface area contributed by atoms with Crippen LogP contribution in [0.25, 0.3) is 10.9 Å². The number of benzene rings is 2. The molecule has 35 heavy (non-hydrogen) atoms. The second-order valence-electron chi connectivity index (χ2n) is 7.57. The van der Waals surface area contributed by atoms with Gasteiger partial charge in [0.15, 0.2) is 16.6 Å². The van der Waals surface area contributed by atoms with Crippen LogP contribution in [0.4, 0.5) is 5.69 Å². The third-order valence-electron chi connectivity index (χ3n) is 5.29. The molecule has 0 aliphatic carbocycles. The van der Waals surface area contributed by atoms with Gasteiger partial charge in [0.05, 0.1) is 32.5 Å². The van der Waals surface area contributed by atoms with Crippen LogP contribution >= 0.6 is 24.0 Å². The second kappa shape index (κ2) is 11.3. The molecule has 2 N–H and O–H groups in total. The van der Waals surface area contributed by atoms with E-state index in [1.54, 1.807) is 69.6 Å². The van der Waals surface area contributed by atoms with Gasteiger partial charge in [0.25, 0.3) is 0 Å². The van der Waals surface area contributed by atoms with Crippen molar-refractivity contribution in [2.24, 2.45) is 0 Å². The summed E-state index contributed by atoms with van der Waals surface area (Å²) in [4.78, 5) is 16.6. The van der Waals surface area contributed by atoms with Crippen molar-refractivity contribution in [3.8, 4) is 28.7 Å². The molecule has 0 fully saturated rings. The fourth-order valence-corrected chi connectivity index (χ4v) is 4.75. The number of fused-ring (bicyclic) bond motifs is 1. The summed E-state index contributed by atoms with van der Waals surface area (Å²) in [5.41, 5.74) is 2.43. The van der Waals surface area contributed by atoms with E-state index in [0.29, 0.717) is 46.4 Å². The summed E-state index contributed by atoms with van der Waals surface area (Å²) < 4.78 is 22.5. The monoisotopic (exact) mass is 511 g/mol. The molecule has 0 bridgehead atoms. The number of thioether (sulfide) groups is 1. The Morgan fingerprint density at radius 2 is 1.80 bits per heavy atom. The molecule has 0 spiro atoms. The van der Waals surface area contributed by atoms with Gasteiger partial charge in [-0.3, -0.25) is 9.78 Å². The van der Waals surface area contributed by atoms with E-state index >= 15 is 0 Å². The van der Waals surface area contributed by atoms with Crippen molar-refractivity contribution >= 4 is 51.6 Å². The number of nitrogens with zero attached hydrogens (tertiary/aromatic N) is 1. The molecule has 3 aromatic rings. The van der Waals surface area contributed by atoms with Crippen LogP contribution in [0, 0.1) is 0 Å². The van der Waals surface area contributed by atoms with Crippen LogP contribution in [0.15, 0.2) is 53.6 Å². The van der Waals surface area contributed by atoms with Gasteiger partial charge in [0.1, 0.15) is 17.2 Å². The zero-order valence-corrected chi connectivity index (χ0v) is 21.2. The Bertz CT molecular complexity index is 1300. The Morgan fingerprint density at radius 1 is 1.03 bits per heavy atom. The molecular formula is C25H25N3O5S2. The van der Waals surface area contributed by atoms with E-state index in [0.717, 1.165) is 23.1 Å². The van der Waals surface area contributed by atoms with Gasteiger partial charge in [-0.2, -0.15) is 0 Å². The maximum absolute atomic E-state index is 12.2. The van der Waals surface area contributed by atoms with Gasteiger partial charge in [0.2, 0.25) is 5.91 Å². The molecule has 2 aromatic carbocycles. The number of hydrogen-bond acceptors (Lipinski definition) is 8. The van der Waals surface area contributed by atoms with Crippen molar-refractivity contribution < 1.29 is 23.7 Å². The van der Waals surface area contributed by atoms with Crippen LogP contribution in [-0.2, 0) is 4.79 Å². The quantitative estimate of drug-likeness (QED) is 0.392. The number of carbonyl (C=O) groups excluding carboxylic acids is 1. The van der Waals surface area contributed by atoms with Gasteiger partial charge in [-0.15, -0.1) is 11.8 Å². The predicted molar refractivity (Wildman–Crippen MR) is 142 cm³/mol. The van der Waals surface area contributed by atoms with Gasteiger partial charge >= 0.3 is 0 Å². The first-order valence-corrected chi connectivity index (χ1v) is 12.2. The smallest absolute Gasteiger partial charge is 0.230 e. The summed E-state index contributed by atoms with van der Waals surface area (Å²) in [6.07, 6.45) is 2.94. The highest BCUT2D eigenvalue weighted by molar-refractivity contribution is 8.02. The number of pyridine rings is 1. The molecule has 0 atom stereocenters. The fraction of sp³-hybridized carbons (Fsp3) is 0.240. The van der Waals surface area contributed by atoms with Crippen LogP contribution in [0.3, 0.4) is 0 Å². The Kier molecular flexibility index (Phi) is 7.94. The number of carbonyl (C=O) groups is 1. The second-order valence-corrected chi connectivity index (χ2v) is 8.96. The lowest BCUT2D eigenvalue weighted by molar-refractivity contribution is -0.119. The van der Waals surface area contributed by atoms with Crippen molar-refractivity contribution in [2.75, 3.05) is 32.4 Å². The molecule has 0 unspecified atom stereocenters. The van der Waals surface area contributed by atoms with Crippen LogP contribution in [-0.4, -0.2) is 43.1 Å². The zero-order chi connectivity index (χ0) is 24.8. The molecule has 1 aromatic heterocycles. The Labute approximate surface area is 213 Å². The van der Waals surface area contributed by atoms with Crippen molar-refractivity contribution in [3.05, 3.63) is 53.6 Å². The number of nitrogens with one attached hydrogen (secondary N) is 2. The molecule has 182 valence electrons. The maximum Gasteiger partial charge on any atom is 0.230 e. The largest absolute Gasteiger partial charge is 0.494 e. The van der Waals surface area contributed by atoms with E-state index in [1.807, 2.05) is 11.5 Å². The van der Waals surface area contributed by atoms with Crippen LogP contribution in [0.2, 0.25) is 0 Å². The van der Waals surface area contributed by atoms with E-state index in [9.17, 15) is 4.79 Å². The number of amides is 1. The normalized spacial score (nSPS) is 12.6. The van der Waals surface area contributed by atoms with E-state index in [2.05, 4.69) is 15.6 Å². The number of hydrogen-bond donors (Lipinski definition) is 2. The molecule has 1 aliphatic heterocycles. The van der Waals surface area contributed by atoms with E-state index < -0.39 is 0 Å². The van der Waals surface area contributed by atoms with Crippen molar-refractivity contribution in [1.82, 2.24) is 10.3 Å². The molecule has 1 amide bonds. The highest BCUT2D eigenvalue weighted by Gasteiger charge is 2.15. The van der Waals surface area contributed by atoms with E-state index in [4.69, 9.17) is 31.2 Å². The van der Waals surface area contributed by atoms with Gasteiger partial charge < -0.3 is 29.6 Å². The minimum atomic E-state index is -0.146. The molecule has 8 nitrogen and oxygen atoms in total. The topological polar surface area (TPSA) is 90.9 Å². The molecule has 10 heteroatoms. The number of ether oxygens (including phenoxy) is 4. The number of anilines is 1. The number of rotatable bonds is 8. The fourth-order valence-electron chi connectivity index (χ4n) is 3.59. The maximum atomic E-state index is 12.2. The third-order valence-corrected chi connectivity index (χ3v) is 6.43. The highest BCUT2D eigenvalue weighted by Crippen LogP contribution is 2.38. The first kappa shape index (κ1) is 24.6. The predicted octanol–water partition coefficient (Wildman–Crippen LogP) is 5.28. The molecule has 0 radical (unpaired) electrons. The van der Waals surface area contributed by atoms with E-state index in [-0.39, 0.29) is 11.0 Å². The minimum Gasteiger partial charge on any atom is -0.494 e. The van der Waals surface area contributed by atoms with Crippen molar-refractivity contribution in [2.45, 2.75) is 12.8 Å². The van der Waals surface area contributed by atoms with Crippen LogP contribution in [0.5, 0.6) is 28.7 Å². The Balaban J connectivity index is 1.49. The average molecular weight is 512 g/mol. The first-order valence-electron chi connectivity index (χ1n) is 10.8. The van der Waals surface area contributed by atoms with Crippen molar-refractivity contribution in [3.63, 3.8) is 0 Å². The van der Waals surface area contributed by atoms with Gasteiger partial charge in [0, 0.05) is 35.9 Å². The Morgan fingerprint density at radius 3 is 2.51 bits per heavy atom. The zero-order valence-electron chi connectivity index (χ0n) is 19.5. The highest BCUT2D eigenvalue weighted by atomic mass is 32.2. The van der Waals surface area contributed by atoms with Crippen LogP contribution < -0.4 is 29.6 Å². The Hall–Kier alpha value is -3.50. The SMILES string of the molecule is COc1cc(Oc2ccnc3cc(OC)c(OC)cc23)ccc1NC(=S)NC(=O)CC1=CSCC1. The first-order chi connectivity index (χ1) is 17.0. The summed E-state index contributed by atoms with van der Waals surface area (Å²) in [6.45, 7) is 0. The molecule has 4 rings (SSSR count). The molecule has 1 aliphatic rings.